The van der Waals surface area contributed by atoms with Crippen LogP contribution in [0.4, 0.5) is 0 Å². The first kappa shape index (κ1) is 14.2. The first-order valence-electron chi connectivity index (χ1n) is 6.55. The summed E-state index contributed by atoms with van der Waals surface area (Å²) < 4.78 is 0. The van der Waals surface area contributed by atoms with Gasteiger partial charge in [-0.3, -0.25) is 9.69 Å². The van der Waals surface area contributed by atoms with E-state index in [2.05, 4.69) is 4.90 Å². The quantitative estimate of drug-likeness (QED) is 0.630. The van der Waals surface area contributed by atoms with Crippen LogP contribution in [0.2, 0.25) is 0 Å². The van der Waals surface area contributed by atoms with Crippen LogP contribution in [0.25, 0.3) is 0 Å². The van der Waals surface area contributed by atoms with Crippen molar-refractivity contribution < 1.29 is 9.59 Å². The Bertz CT molecular complexity index is 260. The van der Waals surface area contributed by atoms with Crippen LogP contribution < -0.4 is 0 Å². The van der Waals surface area contributed by atoms with E-state index in [9.17, 15) is 9.59 Å². The summed E-state index contributed by atoms with van der Waals surface area (Å²) in [4.78, 5) is 26.6. The van der Waals surface area contributed by atoms with Gasteiger partial charge in [-0.15, -0.1) is 0 Å². The molecule has 0 radical (unpaired) electrons. The zero-order chi connectivity index (χ0) is 12.7. The summed E-state index contributed by atoms with van der Waals surface area (Å²) in [5, 5.41) is 0. The van der Waals surface area contributed by atoms with Gasteiger partial charge in [0.2, 0.25) is 5.91 Å². The number of likely N-dealkylation sites (N-methyl/N-ethyl adjacent to an activating group) is 1. The highest BCUT2D eigenvalue weighted by Gasteiger charge is 2.18. The van der Waals surface area contributed by atoms with E-state index in [0.717, 1.165) is 45.3 Å². The van der Waals surface area contributed by atoms with Crippen molar-refractivity contribution in [1.29, 1.82) is 0 Å². The van der Waals surface area contributed by atoms with E-state index in [4.69, 9.17) is 0 Å². The fourth-order valence-electron chi connectivity index (χ4n) is 2.13. The second-order valence-electron chi connectivity index (χ2n) is 4.98. The molecule has 1 amide bonds. The van der Waals surface area contributed by atoms with Gasteiger partial charge in [0.05, 0.1) is 6.54 Å². The third-order valence-electron chi connectivity index (χ3n) is 3.18. The Hall–Kier alpha value is -0.900. The van der Waals surface area contributed by atoms with Crippen molar-refractivity contribution in [1.82, 2.24) is 9.80 Å². The minimum Gasteiger partial charge on any atom is -0.342 e. The van der Waals surface area contributed by atoms with Crippen LogP contribution in [0.5, 0.6) is 0 Å². The zero-order valence-corrected chi connectivity index (χ0v) is 11.1. The van der Waals surface area contributed by atoms with Crippen molar-refractivity contribution in [2.24, 2.45) is 0 Å². The number of unbranched alkanes of at least 4 members (excludes halogenated alkanes) is 1. The number of ketones is 1. The monoisotopic (exact) mass is 240 g/mol. The number of amides is 1. The highest BCUT2D eigenvalue weighted by atomic mass is 16.2. The lowest BCUT2D eigenvalue weighted by molar-refractivity contribution is -0.131. The van der Waals surface area contributed by atoms with Gasteiger partial charge in [0.15, 0.2) is 0 Å². The predicted molar refractivity (Wildman–Crippen MR) is 67.8 cm³/mol. The average Bonchev–Trinajstić information content (AvgIpc) is 2.77. The lowest BCUT2D eigenvalue weighted by atomic mass is 10.2. The van der Waals surface area contributed by atoms with E-state index in [0.29, 0.717) is 13.0 Å². The molecular formula is C13H24N2O2. The average molecular weight is 240 g/mol. The van der Waals surface area contributed by atoms with Crippen LogP contribution in [0.3, 0.4) is 0 Å². The van der Waals surface area contributed by atoms with E-state index in [-0.39, 0.29) is 11.7 Å². The highest BCUT2D eigenvalue weighted by molar-refractivity contribution is 5.78. The molecule has 17 heavy (non-hydrogen) atoms. The van der Waals surface area contributed by atoms with Crippen LogP contribution in [-0.2, 0) is 9.59 Å². The minimum absolute atomic E-state index is 0.247. The molecule has 0 saturated carbocycles. The highest BCUT2D eigenvalue weighted by Crippen LogP contribution is 2.08. The molecule has 4 nitrogen and oxygen atoms in total. The summed E-state index contributed by atoms with van der Waals surface area (Å²) in [5.74, 6) is 0.498. The van der Waals surface area contributed by atoms with E-state index < -0.39 is 0 Å². The summed E-state index contributed by atoms with van der Waals surface area (Å²) in [6, 6.07) is 0. The summed E-state index contributed by atoms with van der Waals surface area (Å²) in [6.45, 7) is 4.89. The van der Waals surface area contributed by atoms with Gasteiger partial charge in [0, 0.05) is 19.5 Å². The number of likely N-dealkylation sites (tertiary alicyclic amines) is 1. The van der Waals surface area contributed by atoms with Gasteiger partial charge in [-0.05, 0) is 46.2 Å². The van der Waals surface area contributed by atoms with Crippen molar-refractivity contribution in [2.75, 3.05) is 33.2 Å². The largest absolute Gasteiger partial charge is 0.342 e. The molecule has 1 aliphatic rings. The Kier molecular flexibility index (Phi) is 6.19. The van der Waals surface area contributed by atoms with Gasteiger partial charge >= 0.3 is 0 Å². The van der Waals surface area contributed by atoms with Crippen molar-refractivity contribution in [3.63, 3.8) is 0 Å². The van der Waals surface area contributed by atoms with Gasteiger partial charge in [-0.25, -0.2) is 0 Å². The van der Waals surface area contributed by atoms with Crippen molar-refractivity contribution >= 4 is 11.7 Å². The fourth-order valence-corrected chi connectivity index (χ4v) is 2.13. The van der Waals surface area contributed by atoms with Crippen molar-refractivity contribution in [3.05, 3.63) is 0 Å². The van der Waals surface area contributed by atoms with Gasteiger partial charge in [0.1, 0.15) is 5.78 Å². The Labute approximate surface area is 104 Å². The Morgan fingerprint density at radius 3 is 2.41 bits per heavy atom. The molecule has 1 heterocycles. The Morgan fingerprint density at radius 1 is 1.18 bits per heavy atom. The molecule has 1 saturated heterocycles. The standard InChI is InChI=1S/C13H24N2O2/c1-12(16)7-3-4-8-14(2)11-13(17)15-9-5-6-10-15/h3-11H2,1-2H3. The number of Topliss-reactive ketones (excluding diaryl/α,β-unsaturated/α-hetero) is 1. The van der Waals surface area contributed by atoms with Crippen LogP contribution in [0, 0.1) is 0 Å². The summed E-state index contributed by atoms with van der Waals surface area (Å²) >= 11 is 0. The second-order valence-corrected chi connectivity index (χ2v) is 4.98. The Morgan fingerprint density at radius 2 is 1.82 bits per heavy atom. The molecule has 0 atom stereocenters. The maximum Gasteiger partial charge on any atom is 0.236 e. The van der Waals surface area contributed by atoms with E-state index >= 15 is 0 Å². The van der Waals surface area contributed by atoms with Crippen LogP contribution in [-0.4, -0.2) is 54.7 Å². The predicted octanol–water partition coefficient (Wildman–Crippen LogP) is 1.30. The normalized spacial score (nSPS) is 15.6. The topological polar surface area (TPSA) is 40.6 Å². The lowest BCUT2D eigenvalue weighted by Crippen LogP contribution is -2.37. The van der Waals surface area contributed by atoms with E-state index in [1.54, 1.807) is 6.92 Å². The van der Waals surface area contributed by atoms with Gasteiger partial charge in [-0.2, -0.15) is 0 Å². The summed E-state index contributed by atoms with van der Waals surface area (Å²) in [6.07, 6.45) is 4.87. The van der Waals surface area contributed by atoms with E-state index in [1.165, 1.54) is 0 Å². The fraction of sp³-hybridized carbons (Fsp3) is 0.846. The number of nitrogens with zero attached hydrogens (tertiary/aromatic N) is 2. The Balaban J connectivity index is 2.09. The number of carbonyl (C=O) groups is 2. The van der Waals surface area contributed by atoms with Crippen LogP contribution in [0.15, 0.2) is 0 Å². The van der Waals surface area contributed by atoms with Crippen molar-refractivity contribution in [3.8, 4) is 0 Å². The molecular weight excluding hydrogens is 216 g/mol. The third kappa shape index (κ3) is 5.82. The molecule has 1 rings (SSSR count). The minimum atomic E-state index is 0.247. The molecule has 98 valence electrons. The molecule has 0 aromatic rings. The molecule has 0 aromatic heterocycles. The number of carbonyl (C=O) groups excluding carboxylic acids is 2. The number of rotatable bonds is 7. The molecule has 1 aliphatic heterocycles. The van der Waals surface area contributed by atoms with Gasteiger partial charge in [0.25, 0.3) is 0 Å². The lowest BCUT2D eigenvalue weighted by Gasteiger charge is -2.20. The molecule has 0 aliphatic carbocycles. The third-order valence-corrected chi connectivity index (χ3v) is 3.18. The molecule has 0 spiro atoms. The zero-order valence-electron chi connectivity index (χ0n) is 11.1. The number of hydrogen-bond donors (Lipinski definition) is 0. The molecule has 0 N–H and O–H groups in total. The van der Waals surface area contributed by atoms with Crippen LogP contribution in [0.1, 0.15) is 39.0 Å². The number of hydrogen-bond acceptors (Lipinski definition) is 3. The molecule has 0 aromatic carbocycles. The van der Waals surface area contributed by atoms with E-state index in [1.807, 2.05) is 11.9 Å². The summed E-state index contributed by atoms with van der Waals surface area (Å²) in [7, 11) is 1.97. The molecule has 0 unspecified atom stereocenters. The van der Waals surface area contributed by atoms with Crippen molar-refractivity contribution in [2.45, 2.75) is 39.0 Å². The molecule has 1 fully saturated rings. The molecule has 4 heteroatoms. The maximum absolute atomic E-state index is 11.8. The SMILES string of the molecule is CC(=O)CCCCN(C)CC(=O)N1CCCC1. The molecule has 0 bridgehead atoms. The van der Waals surface area contributed by atoms with Gasteiger partial charge < -0.3 is 9.69 Å². The first-order valence-corrected chi connectivity index (χ1v) is 6.55. The summed E-state index contributed by atoms with van der Waals surface area (Å²) in [5.41, 5.74) is 0. The maximum atomic E-state index is 11.8. The van der Waals surface area contributed by atoms with Crippen LogP contribution >= 0.6 is 0 Å². The smallest absolute Gasteiger partial charge is 0.236 e. The van der Waals surface area contributed by atoms with Gasteiger partial charge in [-0.1, -0.05) is 0 Å². The second kappa shape index (κ2) is 7.43. The first-order chi connectivity index (χ1) is 8.09.